The third kappa shape index (κ3) is 5.54. The molecular weight excluding hydrogens is 464 g/mol. The monoisotopic (exact) mass is 490 g/mol. The number of carbonyl (C=O) groups excluding carboxylic acids is 2. The highest BCUT2D eigenvalue weighted by Gasteiger charge is 2.16. The number of nitrogens with zero attached hydrogens (tertiary/aromatic N) is 4. The first-order valence-electron chi connectivity index (χ1n) is 12.0. The van der Waals surface area contributed by atoms with E-state index < -0.39 is 0 Å². The van der Waals surface area contributed by atoms with Crippen LogP contribution in [0.3, 0.4) is 0 Å². The van der Waals surface area contributed by atoms with Crippen molar-refractivity contribution in [2.75, 3.05) is 11.9 Å². The lowest BCUT2D eigenvalue weighted by Crippen LogP contribution is -2.25. The predicted octanol–water partition coefficient (Wildman–Crippen LogP) is 4.78. The van der Waals surface area contributed by atoms with Crippen molar-refractivity contribution in [2.24, 2.45) is 0 Å². The Kier molecular flexibility index (Phi) is 6.98. The van der Waals surface area contributed by atoms with Crippen LogP contribution >= 0.6 is 0 Å². The Hall–Kier alpha value is -4.85. The zero-order valence-corrected chi connectivity index (χ0v) is 20.4. The highest BCUT2D eigenvalue weighted by Crippen LogP contribution is 2.31. The van der Waals surface area contributed by atoms with Gasteiger partial charge in [-0.15, -0.1) is 5.10 Å². The molecule has 0 radical (unpaired) electrons. The predicted molar refractivity (Wildman–Crippen MR) is 143 cm³/mol. The molecule has 0 saturated carbocycles. The number of fused-ring (bicyclic) bond motifs is 1. The van der Waals surface area contributed by atoms with Gasteiger partial charge in [0.05, 0.1) is 5.56 Å². The van der Waals surface area contributed by atoms with E-state index in [-0.39, 0.29) is 24.7 Å². The van der Waals surface area contributed by atoms with E-state index in [1.54, 1.807) is 16.8 Å². The number of hydrogen-bond donors (Lipinski definition) is 2. The van der Waals surface area contributed by atoms with Crippen molar-refractivity contribution in [3.05, 3.63) is 103 Å². The summed E-state index contributed by atoms with van der Waals surface area (Å²) in [6, 6.07) is 23.9. The number of hydrogen-bond acceptors (Lipinski definition) is 6. The number of pyridine rings is 1. The number of rotatable bonds is 9. The third-order valence-corrected chi connectivity index (χ3v) is 5.92. The summed E-state index contributed by atoms with van der Waals surface area (Å²) in [4.78, 5) is 32.9. The third-order valence-electron chi connectivity index (χ3n) is 5.92. The number of ketones is 1. The molecule has 0 bridgehead atoms. The largest absolute Gasteiger partial charge is 0.364 e. The molecule has 8 heteroatoms. The van der Waals surface area contributed by atoms with Crippen molar-refractivity contribution < 1.29 is 9.59 Å². The lowest BCUT2D eigenvalue weighted by atomic mass is 10.1. The van der Waals surface area contributed by atoms with Gasteiger partial charge in [-0.2, -0.15) is 0 Å². The maximum atomic E-state index is 12.6. The minimum atomic E-state index is -0.300. The Balaban J connectivity index is 1.52. The van der Waals surface area contributed by atoms with E-state index in [1.165, 1.54) is 13.1 Å². The molecule has 0 aliphatic carbocycles. The van der Waals surface area contributed by atoms with Crippen molar-refractivity contribution in [3.63, 3.8) is 0 Å². The molecule has 3 aromatic heterocycles. The fourth-order valence-corrected chi connectivity index (χ4v) is 4.04. The summed E-state index contributed by atoms with van der Waals surface area (Å²) in [7, 11) is 0. The quantitative estimate of drug-likeness (QED) is 0.308. The molecule has 5 rings (SSSR count). The first-order valence-corrected chi connectivity index (χ1v) is 12.0. The van der Waals surface area contributed by atoms with Crippen LogP contribution in [0, 0.1) is 0 Å². The smallest absolute Gasteiger partial charge is 0.252 e. The topological polar surface area (TPSA) is 101 Å². The lowest BCUT2D eigenvalue weighted by Gasteiger charge is -2.12. The normalized spacial score (nSPS) is 10.8. The molecule has 37 heavy (non-hydrogen) atoms. The second-order valence-electron chi connectivity index (χ2n) is 8.68. The number of anilines is 1. The van der Waals surface area contributed by atoms with Crippen LogP contribution in [0.4, 0.5) is 5.82 Å². The van der Waals surface area contributed by atoms with Gasteiger partial charge in [-0.1, -0.05) is 60.7 Å². The average Bonchev–Trinajstić information content (AvgIpc) is 3.37. The summed E-state index contributed by atoms with van der Waals surface area (Å²) >= 11 is 0. The van der Waals surface area contributed by atoms with Crippen molar-refractivity contribution in [2.45, 2.75) is 19.9 Å². The zero-order valence-electron chi connectivity index (χ0n) is 20.4. The van der Waals surface area contributed by atoms with E-state index in [2.05, 4.69) is 39.9 Å². The fourth-order valence-electron chi connectivity index (χ4n) is 4.04. The molecule has 0 aliphatic rings. The van der Waals surface area contributed by atoms with Gasteiger partial charge in [0.15, 0.2) is 11.6 Å². The minimum Gasteiger partial charge on any atom is -0.364 e. The Morgan fingerprint density at radius 2 is 1.68 bits per heavy atom. The summed E-state index contributed by atoms with van der Waals surface area (Å²) in [5.74, 6) is 0.829. The van der Waals surface area contributed by atoms with Crippen LogP contribution in [0.25, 0.3) is 28.0 Å². The molecule has 1 amide bonds. The number of benzene rings is 2. The second-order valence-corrected chi connectivity index (χ2v) is 8.68. The highest BCUT2D eigenvalue weighted by molar-refractivity contribution is 5.95. The number of carbonyl (C=O) groups is 2. The molecule has 0 spiro atoms. The first-order chi connectivity index (χ1) is 18.1. The standard InChI is InChI=1S/C29H26N6O2/c1-20(36)12-14-31-29(37)24-16-23(18-30-19-24)27-33-28(32-17-21-8-4-2-5-9-21)26-25(13-15-35(26)34-27)22-10-6-3-7-11-22/h2-11,13,15-16,18-19H,12,14,17H2,1H3,(H,31,37)(H,32,33,34). The molecule has 0 fully saturated rings. The molecule has 0 unspecified atom stereocenters. The van der Waals surface area contributed by atoms with Gasteiger partial charge in [0, 0.05) is 49.2 Å². The van der Waals surface area contributed by atoms with Crippen LogP contribution in [-0.4, -0.2) is 37.8 Å². The number of nitrogens with one attached hydrogen (secondary N) is 2. The molecular formula is C29H26N6O2. The average molecular weight is 491 g/mol. The highest BCUT2D eigenvalue weighted by atomic mass is 16.1. The van der Waals surface area contributed by atoms with Crippen LogP contribution in [0.1, 0.15) is 29.3 Å². The summed E-state index contributed by atoms with van der Waals surface area (Å²) in [6.45, 7) is 2.36. The first kappa shape index (κ1) is 23.9. The lowest BCUT2D eigenvalue weighted by molar-refractivity contribution is -0.116. The van der Waals surface area contributed by atoms with Crippen LogP contribution in [0.2, 0.25) is 0 Å². The molecule has 8 nitrogen and oxygen atoms in total. The summed E-state index contributed by atoms with van der Waals surface area (Å²) < 4.78 is 1.80. The maximum Gasteiger partial charge on any atom is 0.252 e. The van der Waals surface area contributed by atoms with Gasteiger partial charge >= 0.3 is 0 Å². The van der Waals surface area contributed by atoms with Gasteiger partial charge in [-0.25, -0.2) is 9.50 Å². The number of aromatic nitrogens is 4. The van der Waals surface area contributed by atoms with E-state index in [4.69, 9.17) is 10.1 Å². The Morgan fingerprint density at radius 1 is 0.919 bits per heavy atom. The Bertz CT molecular complexity index is 1550. The van der Waals surface area contributed by atoms with E-state index in [1.807, 2.05) is 48.7 Å². The summed E-state index contributed by atoms with van der Waals surface area (Å²) in [6.07, 6.45) is 5.31. The Labute approximate surface area is 214 Å². The molecule has 3 heterocycles. The van der Waals surface area contributed by atoms with Crippen molar-refractivity contribution in [3.8, 4) is 22.5 Å². The molecule has 2 N–H and O–H groups in total. The van der Waals surface area contributed by atoms with E-state index in [9.17, 15) is 9.59 Å². The van der Waals surface area contributed by atoms with E-state index >= 15 is 0 Å². The number of Topliss-reactive ketones (excluding diaryl/α,β-unsaturated/α-hetero) is 1. The molecule has 0 aliphatic heterocycles. The van der Waals surface area contributed by atoms with Gasteiger partial charge in [0.25, 0.3) is 5.91 Å². The molecule has 5 aromatic rings. The molecule has 2 aromatic carbocycles. The zero-order chi connectivity index (χ0) is 25.6. The van der Waals surface area contributed by atoms with Gasteiger partial charge in [0.1, 0.15) is 11.3 Å². The van der Waals surface area contributed by atoms with Crippen molar-refractivity contribution in [1.82, 2.24) is 24.9 Å². The fraction of sp³-hybridized carbons (Fsp3) is 0.138. The molecule has 0 saturated heterocycles. The summed E-state index contributed by atoms with van der Waals surface area (Å²) in [5.41, 5.74) is 5.05. The van der Waals surface area contributed by atoms with Crippen molar-refractivity contribution in [1.29, 1.82) is 0 Å². The minimum absolute atomic E-state index is 0.0194. The molecule has 184 valence electrons. The van der Waals surface area contributed by atoms with E-state index in [0.29, 0.717) is 29.3 Å². The van der Waals surface area contributed by atoms with Gasteiger partial charge in [-0.05, 0) is 30.2 Å². The summed E-state index contributed by atoms with van der Waals surface area (Å²) in [5, 5.41) is 11.0. The van der Waals surface area contributed by atoms with Gasteiger partial charge in [-0.3, -0.25) is 14.6 Å². The van der Waals surface area contributed by atoms with Gasteiger partial charge in [0.2, 0.25) is 0 Å². The Morgan fingerprint density at radius 3 is 2.43 bits per heavy atom. The van der Waals surface area contributed by atoms with E-state index in [0.717, 1.165) is 22.2 Å². The van der Waals surface area contributed by atoms with Crippen LogP contribution < -0.4 is 10.6 Å². The van der Waals surface area contributed by atoms with Crippen LogP contribution in [0.5, 0.6) is 0 Å². The van der Waals surface area contributed by atoms with Crippen LogP contribution in [-0.2, 0) is 11.3 Å². The molecule has 0 atom stereocenters. The van der Waals surface area contributed by atoms with Crippen molar-refractivity contribution >= 4 is 23.0 Å². The maximum absolute atomic E-state index is 12.6. The number of amides is 1. The SMILES string of the molecule is CC(=O)CCNC(=O)c1cncc(-c2nc(NCc3ccccc3)c3c(-c4ccccc4)ccn3n2)c1. The van der Waals surface area contributed by atoms with Crippen LogP contribution in [0.15, 0.2) is 91.4 Å². The second kappa shape index (κ2) is 10.8. The van der Waals surface area contributed by atoms with Gasteiger partial charge < -0.3 is 10.6 Å².